The predicted molar refractivity (Wildman–Crippen MR) is 107 cm³/mol. The van der Waals surface area contributed by atoms with E-state index in [0.717, 1.165) is 23.1 Å². The van der Waals surface area contributed by atoms with Gasteiger partial charge in [0.05, 0.1) is 37.6 Å². The number of ether oxygens (including phenoxy) is 3. The zero-order valence-electron chi connectivity index (χ0n) is 16.8. The largest absolute Gasteiger partial charge is 0.493 e. The minimum atomic E-state index is -2.59. The molecule has 0 spiro atoms. The number of rotatable bonds is 6. The van der Waals surface area contributed by atoms with E-state index in [-0.39, 0.29) is 17.7 Å². The molecule has 0 saturated heterocycles. The van der Waals surface area contributed by atoms with Crippen molar-refractivity contribution in [3.8, 4) is 17.4 Å². The Balaban J connectivity index is 1.87. The van der Waals surface area contributed by atoms with E-state index in [0.29, 0.717) is 30.2 Å². The van der Waals surface area contributed by atoms with E-state index < -0.39 is 19.1 Å². The molecule has 8 heteroatoms. The van der Waals surface area contributed by atoms with Gasteiger partial charge in [0.2, 0.25) is 5.88 Å². The fourth-order valence-electron chi connectivity index (χ4n) is 4.32. The number of aliphatic hydroxyl groups excluding tert-OH is 1. The molecule has 2 aromatic rings. The van der Waals surface area contributed by atoms with Crippen molar-refractivity contribution >= 4 is 5.71 Å². The molecule has 1 aromatic carbocycles. The highest BCUT2D eigenvalue weighted by Gasteiger charge is 2.38. The van der Waals surface area contributed by atoms with Gasteiger partial charge >= 0.3 is 0 Å². The summed E-state index contributed by atoms with van der Waals surface area (Å²) in [6, 6.07) is 7.19. The van der Waals surface area contributed by atoms with Crippen LogP contribution >= 0.6 is 0 Å². The minimum absolute atomic E-state index is 0.0304. The van der Waals surface area contributed by atoms with Crippen LogP contribution in [0.4, 0.5) is 8.78 Å². The maximum Gasteiger partial charge on any atom is 0.272 e. The van der Waals surface area contributed by atoms with E-state index in [1.54, 1.807) is 25.4 Å². The predicted octanol–water partition coefficient (Wildman–Crippen LogP) is 3.59. The van der Waals surface area contributed by atoms with Crippen molar-refractivity contribution in [2.75, 3.05) is 20.8 Å². The summed E-state index contributed by atoms with van der Waals surface area (Å²) in [7, 11) is 3.02. The van der Waals surface area contributed by atoms with Crippen molar-refractivity contribution in [1.29, 1.82) is 0 Å². The smallest absolute Gasteiger partial charge is 0.272 e. The molecule has 1 aromatic heterocycles. The summed E-state index contributed by atoms with van der Waals surface area (Å²) in [5.41, 5.74) is 3.16. The molecule has 2 aliphatic rings. The Labute approximate surface area is 173 Å². The number of methoxy groups -OCH3 is 2. The molecule has 1 aliphatic heterocycles. The van der Waals surface area contributed by atoms with Crippen molar-refractivity contribution in [2.45, 2.75) is 43.8 Å². The van der Waals surface area contributed by atoms with Gasteiger partial charge in [0.25, 0.3) is 6.43 Å². The molecule has 2 heterocycles. The first-order valence-corrected chi connectivity index (χ1v) is 9.90. The second-order valence-corrected chi connectivity index (χ2v) is 7.47. The number of hydrogen-bond acceptors (Lipinski definition) is 6. The second-order valence-electron chi connectivity index (χ2n) is 7.47. The summed E-state index contributed by atoms with van der Waals surface area (Å²) in [5.74, 6) is 1.03. The highest BCUT2D eigenvalue weighted by Crippen LogP contribution is 2.45. The fraction of sp³-hybridized carbons (Fsp3) is 0.455. The van der Waals surface area contributed by atoms with Gasteiger partial charge in [-0.1, -0.05) is 0 Å². The number of alkyl halides is 2. The summed E-state index contributed by atoms with van der Waals surface area (Å²) in [6.07, 6.45) is 0.593. The van der Waals surface area contributed by atoms with Gasteiger partial charge in [0.15, 0.2) is 11.5 Å². The molecular formula is C22H24F2N2O4. The van der Waals surface area contributed by atoms with Crippen molar-refractivity contribution in [2.24, 2.45) is 4.99 Å². The van der Waals surface area contributed by atoms with Gasteiger partial charge in [0.1, 0.15) is 6.61 Å². The van der Waals surface area contributed by atoms with E-state index in [4.69, 9.17) is 19.2 Å². The van der Waals surface area contributed by atoms with Crippen LogP contribution in [0.3, 0.4) is 0 Å². The number of halogens is 2. The Morgan fingerprint density at radius 3 is 2.70 bits per heavy atom. The highest BCUT2D eigenvalue weighted by molar-refractivity contribution is 6.16. The zero-order valence-corrected chi connectivity index (χ0v) is 16.8. The number of fused-ring (bicyclic) bond motifs is 3. The van der Waals surface area contributed by atoms with E-state index >= 15 is 0 Å². The van der Waals surface area contributed by atoms with E-state index in [1.807, 2.05) is 12.1 Å². The molecule has 0 bridgehead atoms. The number of hydrogen-bond donors (Lipinski definition) is 1. The van der Waals surface area contributed by atoms with Crippen LogP contribution in [-0.4, -0.2) is 55.2 Å². The second kappa shape index (κ2) is 8.55. The average molecular weight is 418 g/mol. The normalized spacial score (nSPS) is 22.7. The lowest BCUT2D eigenvalue weighted by molar-refractivity contribution is 0.0802. The molecule has 160 valence electrons. The number of aromatic nitrogens is 1. The van der Waals surface area contributed by atoms with Gasteiger partial charge in [-0.3, -0.25) is 4.99 Å². The van der Waals surface area contributed by atoms with Crippen molar-refractivity contribution < 1.29 is 28.1 Å². The summed E-state index contributed by atoms with van der Waals surface area (Å²) < 4.78 is 41.7. The van der Waals surface area contributed by atoms with Crippen LogP contribution in [-0.2, 0) is 0 Å². The molecule has 0 radical (unpaired) electrons. The third kappa shape index (κ3) is 3.84. The lowest BCUT2D eigenvalue weighted by Gasteiger charge is -2.37. The van der Waals surface area contributed by atoms with Crippen LogP contribution in [0, 0.1) is 0 Å². The molecule has 0 amide bonds. The average Bonchev–Trinajstić information content (AvgIpc) is 2.76. The van der Waals surface area contributed by atoms with Crippen LogP contribution in [0.2, 0.25) is 0 Å². The molecule has 4 rings (SSSR count). The summed E-state index contributed by atoms with van der Waals surface area (Å²) in [4.78, 5) is 9.29. The molecule has 1 aliphatic carbocycles. The number of nitrogens with zero attached hydrogens (tertiary/aromatic N) is 2. The topological polar surface area (TPSA) is 73.2 Å². The zero-order chi connectivity index (χ0) is 21.3. The minimum Gasteiger partial charge on any atom is -0.493 e. The molecule has 3 unspecified atom stereocenters. The van der Waals surface area contributed by atoms with Gasteiger partial charge < -0.3 is 19.3 Å². The van der Waals surface area contributed by atoms with Crippen LogP contribution in [0.15, 0.2) is 35.5 Å². The molecule has 3 atom stereocenters. The quantitative estimate of drug-likeness (QED) is 0.776. The van der Waals surface area contributed by atoms with Crippen LogP contribution < -0.4 is 14.2 Å². The maximum atomic E-state index is 12.7. The number of benzene rings is 1. The highest BCUT2D eigenvalue weighted by atomic mass is 19.3. The van der Waals surface area contributed by atoms with Crippen molar-refractivity contribution in [3.63, 3.8) is 0 Å². The molecule has 1 saturated carbocycles. The monoisotopic (exact) mass is 418 g/mol. The number of aliphatic imine (C=N–C) groups is 1. The molecule has 6 nitrogen and oxygen atoms in total. The molecule has 1 fully saturated rings. The van der Waals surface area contributed by atoms with Crippen molar-refractivity contribution in [3.05, 3.63) is 47.2 Å². The van der Waals surface area contributed by atoms with Crippen LogP contribution in [0.1, 0.15) is 41.9 Å². The standard InChI is InChI=1S/C22H24F2N2O4/c1-28-18-10-16-14(9-19(18)30-11-20(23)24)15-8-12(27)5-6-17(15)26-21(16)13-4-3-7-25-22(13)29-2/h3-4,7,9-10,12,15,17,20,27H,5-6,8,11H2,1-2H3. The van der Waals surface area contributed by atoms with E-state index in [2.05, 4.69) is 4.98 Å². The van der Waals surface area contributed by atoms with Crippen LogP contribution in [0.25, 0.3) is 0 Å². The summed E-state index contributed by atoms with van der Waals surface area (Å²) in [6.45, 7) is -0.719. The Bertz CT molecular complexity index is 951. The maximum absolute atomic E-state index is 12.7. The van der Waals surface area contributed by atoms with Gasteiger partial charge in [0, 0.05) is 17.7 Å². The van der Waals surface area contributed by atoms with Gasteiger partial charge in [-0.25, -0.2) is 13.8 Å². The fourth-order valence-corrected chi connectivity index (χ4v) is 4.32. The van der Waals surface area contributed by atoms with E-state index in [9.17, 15) is 13.9 Å². The molecular weight excluding hydrogens is 394 g/mol. The lowest BCUT2D eigenvalue weighted by Crippen LogP contribution is -2.34. The lowest BCUT2D eigenvalue weighted by atomic mass is 9.74. The van der Waals surface area contributed by atoms with Gasteiger partial charge in [-0.05, 0) is 49.1 Å². The summed E-state index contributed by atoms with van der Waals surface area (Å²) in [5, 5.41) is 10.3. The number of pyridine rings is 1. The Morgan fingerprint density at radius 2 is 1.97 bits per heavy atom. The van der Waals surface area contributed by atoms with Gasteiger partial charge in [-0.15, -0.1) is 0 Å². The molecule has 30 heavy (non-hydrogen) atoms. The Morgan fingerprint density at radius 1 is 1.13 bits per heavy atom. The Hall–Kier alpha value is -2.74. The third-order valence-electron chi connectivity index (χ3n) is 5.66. The van der Waals surface area contributed by atoms with Crippen LogP contribution in [0.5, 0.6) is 17.4 Å². The van der Waals surface area contributed by atoms with Gasteiger partial charge in [-0.2, -0.15) is 0 Å². The first-order chi connectivity index (χ1) is 14.5. The third-order valence-corrected chi connectivity index (χ3v) is 5.66. The Kier molecular flexibility index (Phi) is 5.85. The van der Waals surface area contributed by atoms with E-state index in [1.165, 1.54) is 7.11 Å². The summed E-state index contributed by atoms with van der Waals surface area (Å²) >= 11 is 0. The number of aliphatic hydroxyl groups is 1. The first-order valence-electron chi connectivity index (χ1n) is 9.90. The SMILES string of the molecule is COc1cc2c(cc1OCC(F)F)C1CC(O)CCC1N=C2c1cccnc1OC. The first kappa shape index (κ1) is 20.5. The molecule has 1 N–H and O–H groups in total. The van der Waals surface area contributed by atoms with Crippen molar-refractivity contribution in [1.82, 2.24) is 4.98 Å².